The van der Waals surface area contributed by atoms with Gasteiger partial charge in [-0.05, 0) is 24.3 Å². The summed E-state index contributed by atoms with van der Waals surface area (Å²) in [6.45, 7) is 0. The zero-order valence-corrected chi connectivity index (χ0v) is 19.4. The molecule has 0 atom stereocenters. The monoisotopic (exact) mass is 537 g/mol. The molecule has 0 unspecified atom stereocenters. The highest BCUT2D eigenvalue weighted by molar-refractivity contribution is 9.10. The van der Waals surface area contributed by atoms with Crippen LogP contribution in [0, 0.1) is 0 Å². The van der Waals surface area contributed by atoms with Gasteiger partial charge in [0.15, 0.2) is 0 Å². The van der Waals surface area contributed by atoms with E-state index in [4.69, 9.17) is 26.8 Å². The summed E-state index contributed by atoms with van der Waals surface area (Å²) in [5.41, 5.74) is 6.54. The molecule has 0 radical (unpaired) electrons. The third-order valence-corrected chi connectivity index (χ3v) is 4.67. The Morgan fingerprint density at radius 3 is 1.71 bits per heavy atom. The van der Waals surface area contributed by atoms with Crippen LogP contribution in [0.25, 0.3) is 0 Å². The molecule has 0 fully saturated rings. The van der Waals surface area contributed by atoms with Gasteiger partial charge in [0.05, 0.1) is 50.3 Å². The van der Waals surface area contributed by atoms with E-state index in [2.05, 4.69) is 41.3 Å². The summed E-state index contributed by atoms with van der Waals surface area (Å²) < 4.78 is 20.6. The average molecular weight is 540 g/mol. The van der Waals surface area contributed by atoms with Crippen LogP contribution >= 0.6 is 43.5 Å². The lowest BCUT2D eigenvalue weighted by molar-refractivity contribution is 0.0592. The van der Waals surface area contributed by atoms with Crippen molar-refractivity contribution in [3.8, 4) is 11.5 Å². The molecule has 2 N–H and O–H groups in total. The van der Waals surface area contributed by atoms with Gasteiger partial charge in [0, 0.05) is 8.95 Å². The molecule has 0 heterocycles. The lowest BCUT2D eigenvalue weighted by atomic mass is 10.1. The second-order valence-electron chi connectivity index (χ2n) is 5.02. The second-order valence-corrected chi connectivity index (χ2v) is 7.23. The van der Waals surface area contributed by atoms with Gasteiger partial charge in [-0.1, -0.05) is 43.5 Å². The minimum Gasteiger partial charge on any atom is -0.495 e. The van der Waals surface area contributed by atoms with Crippen LogP contribution in [0.4, 0.5) is 5.69 Å². The maximum atomic E-state index is 11.3. The standard InChI is InChI=1S/C9H8BrClO3.C9H10BrNO3/c2*1-13-7-4-5(10)3-6(8(7)11)9(12)14-2/h3-4H,1-2H3;3-4H,11H2,1-2H3. The van der Waals surface area contributed by atoms with E-state index < -0.39 is 11.9 Å². The van der Waals surface area contributed by atoms with Crippen LogP contribution in [-0.2, 0) is 9.47 Å². The predicted molar refractivity (Wildman–Crippen MR) is 113 cm³/mol. The van der Waals surface area contributed by atoms with Gasteiger partial charge in [0.25, 0.3) is 0 Å². The molecular weight excluding hydrogens is 521 g/mol. The van der Waals surface area contributed by atoms with E-state index in [0.717, 1.165) is 0 Å². The first-order valence-corrected chi connectivity index (χ1v) is 9.49. The van der Waals surface area contributed by atoms with E-state index in [1.165, 1.54) is 28.4 Å². The fraction of sp³-hybridized carbons (Fsp3) is 0.222. The third-order valence-electron chi connectivity index (χ3n) is 3.36. The van der Waals surface area contributed by atoms with Gasteiger partial charge >= 0.3 is 11.9 Å². The Morgan fingerprint density at radius 2 is 1.25 bits per heavy atom. The summed E-state index contributed by atoms with van der Waals surface area (Å²) in [6.07, 6.45) is 0. The molecular formula is C18H18Br2ClNO6. The van der Waals surface area contributed by atoms with Crippen LogP contribution in [0.2, 0.25) is 5.02 Å². The van der Waals surface area contributed by atoms with Crippen molar-refractivity contribution in [2.75, 3.05) is 34.2 Å². The third kappa shape index (κ3) is 6.02. The SMILES string of the molecule is COC(=O)c1cc(Br)cc(OC)c1Cl.COC(=O)c1cc(Br)cc(OC)c1N. The number of methoxy groups -OCH3 is 4. The van der Waals surface area contributed by atoms with E-state index in [1.54, 1.807) is 24.3 Å². The van der Waals surface area contributed by atoms with Crippen LogP contribution < -0.4 is 15.2 Å². The number of hydrogen-bond donors (Lipinski definition) is 1. The zero-order chi connectivity index (χ0) is 21.4. The predicted octanol–water partition coefficient (Wildman–Crippen LogP) is 4.72. The highest BCUT2D eigenvalue weighted by atomic mass is 79.9. The second kappa shape index (κ2) is 11.1. The summed E-state index contributed by atoms with van der Waals surface area (Å²) in [5.74, 6) is -0.0992. The number of esters is 2. The summed E-state index contributed by atoms with van der Waals surface area (Å²) in [7, 11) is 5.56. The van der Waals surface area contributed by atoms with E-state index >= 15 is 0 Å². The number of ether oxygens (including phenoxy) is 4. The number of hydrogen-bond acceptors (Lipinski definition) is 7. The molecule has 0 amide bonds. The Balaban J connectivity index is 0.000000280. The molecule has 0 bridgehead atoms. The number of carbonyl (C=O) groups is 2. The summed E-state index contributed by atoms with van der Waals surface area (Å²) >= 11 is 12.4. The summed E-state index contributed by atoms with van der Waals surface area (Å²) in [6, 6.07) is 6.52. The van der Waals surface area contributed by atoms with E-state index in [1.807, 2.05) is 0 Å². The van der Waals surface area contributed by atoms with Gasteiger partial charge in [-0.2, -0.15) is 0 Å². The number of anilines is 1. The number of nitrogen functional groups attached to an aromatic ring is 1. The molecule has 2 aromatic rings. The molecule has 0 aliphatic carbocycles. The van der Waals surface area contributed by atoms with Crippen molar-refractivity contribution < 1.29 is 28.5 Å². The summed E-state index contributed by atoms with van der Waals surface area (Å²) in [5, 5.41) is 0.252. The molecule has 7 nitrogen and oxygen atoms in total. The Kier molecular flexibility index (Phi) is 9.57. The highest BCUT2D eigenvalue weighted by Gasteiger charge is 2.16. The fourth-order valence-corrected chi connectivity index (χ4v) is 3.15. The molecule has 0 saturated heterocycles. The summed E-state index contributed by atoms with van der Waals surface area (Å²) in [4.78, 5) is 22.5. The van der Waals surface area contributed by atoms with Gasteiger partial charge in [-0.3, -0.25) is 0 Å². The van der Waals surface area contributed by atoms with Gasteiger partial charge in [-0.25, -0.2) is 9.59 Å². The normalized spacial score (nSPS) is 9.68. The molecule has 28 heavy (non-hydrogen) atoms. The van der Waals surface area contributed by atoms with Crippen LogP contribution in [0.3, 0.4) is 0 Å². The first kappa shape index (κ1) is 24.1. The molecule has 0 spiro atoms. The lowest BCUT2D eigenvalue weighted by Gasteiger charge is -2.09. The number of halogens is 3. The molecule has 152 valence electrons. The minimum absolute atomic E-state index is 0.252. The maximum Gasteiger partial charge on any atom is 0.340 e. The molecule has 0 saturated carbocycles. The smallest absolute Gasteiger partial charge is 0.340 e. The Hall–Kier alpha value is -1.97. The van der Waals surface area contributed by atoms with Crippen LogP contribution in [0.1, 0.15) is 20.7 Å². The van der Waals surface area contributed by atoms with Crippen molar-refractivity contribution in [3.05, 3.63) is 49.4 Å². The quantitative estimate of drug-likeness (QED) is 0.443. The van der Waals surface area contributed by atoms with E-state index in [0.29, 0.717) is 26.0 Å². The molecule has 0 aliphatic heterocycles. The average Bonchev–Trinajstić information content (AvgIpc) is 2.69. The van der Waals surface area contributed by atoms with Crippen molar-refractivity contribution in [1.29, 1.82) is 0 Å². The molecule has 2 rings (SSSR count). The van der Waals surface area contributed by atoms with Gasteiger partial charge in [-0.15, -0.1) is 0 Å². The largest absolute Gasteiger partial charge is 0.495 e. The molecule has 0 aliphatic rings. The molecule has 10 heteroatoms. The van der Waals surface area contributed by atoms with Gasteiger partial charge < -0.3 is 24.7 Å². The van der Waals surface area contributed by atoms with Crippen molar-refractivity contribution in [2.45, 2.75) is 0 Å². The zero-order valence-electron chi connectivity index (χ0n) is 15.5. The number of benzene rings is 2. The van der Waals surface area contributed by atoms with Crippen molar-refractivity contribution in [2.24, 2.45) is 0 Å². The molecule has 0 aromatic heterocycles. The van der Waals surface area contributed by atoms with Crippen molar-refractivity contribution in [3.63, 3.8) is 0 Å². The minimum atomic E-state index is -0.491. The Bertz CT molecular complexity index is 804. The van der Waals surface area contributed by atoms with E-state index in [-0.39, 0.29) is 16.3 Å². The van der Waals surface area contributed by atoms with E-state index in [9.17, 15) is 9.59 Å². The Morgan fingerprint density at radius 1 is 0.821 bits per heavy atom. The first-order chi connectivity index (χ1) is 13.2. The molecule has 2 aromatic carbocycles. The van der Waals surface area contributed by atoms with Crippen LogP contribution in [0.15, 0.2) is 33.2 Å². The van der Waals surface area contributed by atoms with Crippen LogP contribution in [0.5, 0.6) is 11.5 Å². The number of rotatable bonds is 4. The number of carbonyl (C=O) groups excluding carboxylic acids is 2. The topological polar surface area (TPSA) is 97.1 Å². The fourth-order valence-electron chi connectivity index (χ4n) is 2.01. The highest BCUT2D eigenvalue weighted by Crippen LogP contribution is 2.32. The van der Waals surface area contributed by atoms with Gasteiger partial charge in [0.1, 0.15) is 11.5 Å². The maximum absolute atomic E-state index is 11.3. The van der Waals surface area contributed by atoms with Crippen molar-refractivity contribution >= 4 is 61.1 Å². The van der Waals surface area contributed by atoms with Crippen molar-refractivity contribution in [1.82, 2.24) is 0 Å². The number of nitrogens with two attached hydrogens (primary N) is 1. The first-order valence-electron chi connectivity index (χ1n) is 7.52. The lowest BCUT2D eigenvalue weighted by Crippen LogP contribution is -2.07. The van der Waals surface area contributed by atoms with Crippen LogP contribution in [-0.4, -0.2) is 40.4 Å². The van der Waals surface area contributed by atoms with Gasteiger partial charge in [0.2, 0.25) is 0 Å². The Labute approximate surface area is 184 Å².